The molecule has 0 aromatic carbocycles. The van der Waals surface area contributed by atoms with Crippen molar-refractivity contribution in [1.29, 1.82) is 0 Å². The van der Waals surface area contributed by atoms with Crippen LogP contribution in [0.1, 0.15) is 25.7 Å². The Kier molecular flexibility index (Phi) is 78.8. The van der Waals surface area contributed by atoms with Gasteiger partial charge in [0.2, 0.25) is 0 Å². The Morgan fingerprint density at radius 2 is 0.489 bits per heavy atom. The van der Waals surface area contributed by atoms with Gasteiger partial charge in [0.1, 0.15) is 11.2 Å². The third-order valence-corrected chi connectivity index (χ3v) is 2.51. The summed E-state index contributed by atoms with van der Waals surface area (Å²) in [5.74, 6) is -12.0. The van der Waals surface area contributed by atoms with Crippen LogP contribution in [0.15, 0.2) is 0 Å². The SMILES string of the molecule is O=C([O-])CC(O)(CC(=O)[O-])C(=O)[O-].O=C([O-])CC(O)(CC(=O)[O-])C(=O)[O-].O=C([O-])[O-].O=P([O-])([O-])[O-].O=P([O-])([O-])[O-].[Ca+2].[Ca+2].[Ca+2].[Ca+2].[Ca+2].[Ca+2].[Ca+2]. The second-order valence-electron chi connectivity index (χ2n) is 5.98. The van der Waals surface area contributed by atoms with E-state index in [1.54, 1.807) is 0 Å². The Bertz CT molecular complexity index is 875. The molecule has 25 nitrogen and oxygen atoms in total. The number of phosphoric acid groups is 2. The number of carbonyl (C=O) groups excluding carboxylic acids is 7. The third-order valence-electron chi connectivity index (χ3n) is 2.51. The van der Waals surface area contributed by atoms with E-state index < -0.39 is 94.5 Å². The van der Waals surface area contributed by atoms with Crippen LogP contribution in [-0.2, 0) is 37.9 Å². The van der Waals surface area contributed by atoms with Crippen LogP contribution in [-0.4, -0.2) is 328 Å². The van der Waals surface area contributed by atoms with Crippen molar-refractivity contribution in [3.63, 3.8) is 0 Å². The van der Waals surface area contributed by atoms with Crippen molar-refractivity contribution >= 4 is 322 Å². The normalized spacial score (nSPS) is 9.02. The van der Waals surface area contributed by atoms with Crippen LogP contribution >= 0.6 is 15.6 Å². The van der Waals surface area contributed by atoms with Gasteiger partial charge in [-0.15, -0.1) is 0 Å². The quantitative estimate of drug-likeness (QED) is 0.152. The summed E-state index contributed by atoms with van der Waals surface area (Å²) in [6, 6.07) is 0. The van der Waals surface area contributed by atoms with Crippen molar-refractivity contribution in [2.24, 2.45) is 0 Å². The fourth-order valence-corrected chi connectivity index (χ4v) is 1.37. The minimum atomic E-state index is -5.39. The van der Waals surface area contributed by atoms with Crippen molar-refractivity contribution in [3.8, 4) is 0 Å². The van der Waals surface area contributed by atoms with E-state index in [2.05, 4.69) is 0 Å². The van der Waals surface area contributed by atoms with E-state index in [-0.39, 0.29) is 264 Å². The maximum absolute atomic E-state index is 10.1. The average molecular weight is 909 g/mol. The summed E-state index contributed by atoms with van der Waals surface area (Å²) in [6.45, 7) is 0. The maximum atomic E-state index is 10.1. The fraction of sp³-hybridized carbons (Fsp3) is 0.462. The van der Waals surface area contributed by atoms with Crippen molar-refractivity contribution in [3.05, 3.63) is 0 Å². The van der Waals surface area contributed by atoms with Crippen LogP contribution in [0.25, 0.3) is 0 Å². The van der Waals surface area contributed by atoms with E-state index in [1.807, 2.05) is 0 Å². The van der Waals surface area contributed by atoms with Gasteiger partial charge in [-0.1, -0.05) is 0 Å². The molecule has 236 valence electrons. The molecule has 47 heavy (non-hydrogen) atoms. The molecule has 34 heteroatoms. The number of aliphatic hydroxyl groups is 2. The van der Waals surface area contributed by atoms with Gasteiger partial charge >= 0.3 is 264 Å². The first-order valence-electron chi connectivity index (χ1n) is 8.30. The number of carbonyl (C=O) groups is 7. The number of rotatable bonds is 10. The summed E-state index contributed by atoms with van der Waals surface area (Å²) in [5, 5.41) is 94.5. The van der Waals surface area contributed by atoms with Gasteiger partial charge in [-0.05, 0) is 6.16 Å². The molecule has 0 aromatic rings. The summed E-state index contributed by atoms with van der Waals surface area (Å²) in [4.78, 5) is 120. The monoisotopic (exact) mass is 908 g/mol. The summed E-state index contributed by atoms with van der Waals surface area (Å²) in [5.41, 5.74) is -5.95. The molecule has 0 saturated carbocycles. The van der Waals surface area contributed by atoms with Gasteiger partial charge in [0.25, 0.3) is 0 Å². The van der Waals surface area contributed by atoms with Crippen molar-refractivity contribution < 1.29 is 123 Å². The smallest absolute Gasteiger partial charge is 0.822 e. The molecule has 0 aliphatic carbocycles. The molecular weight excluding hydrogens is 899 g/mol. The minimum Gasteiger partial charge on any atom is -0.822 e. The molecule has 0 spiro atoms. The molecule has 0 bridgehead atoms. The van der Waals surface area contributed by atoms with Crippen molar-refractivity contribution in [2.75, 3.05) is 0 Å². The zero-order valence-corrected chi connectivity index (χ0v) is 40.7. The van der Waals surface area contributed by atoms with Crippen LogP contribution in [0.4, 0.5) is 4.79 Å². The van der Waals surface area contributed by atoms with Gasteiger partial charge in [-0.25, -0.2) is 0 Å². The molecule has 0 aliphatic rings. The number of aliphatic carboxylic acids is 6. The molecule has 0 radical (unpaired) electrons. The molecule has 0 atom stereocenters. The summed E-state index contributed by atoms with van der Waals surface area (Å²) in [6.07, 6.45) is -7.76. The van der Waals surface area contributed by atoms with Crippen molar-refractivity contribution in [2.45, 2.75) is 36.9 Å². The molecule has 0 aliphatic heterocycles. The second kappa shape index (κ2) is 43.8. The van der Waals surface area contributed by atoms with E-state index in [0.29, 0.717) is 0 Å². The first-order valence-corrected chi connectivity index (χ1v) is 11.2. The molecule has 0 amide bonds. The van der Waals surface area contributed by atoms with E-state index >= 15 is 0 Å². The zero-order chi connectivity index (χ0) is 33.9. The topological polar surface area (TPSA) is 517 Å². The van der Waals surface area contributed by atoms with E-state index in [1.165, 1.54) is 0 Å². The van der Waals surface area contributed by atoms with E-state index in [4.69, 9.17) is 63.7 Å². The summed E-state index contributed by atoms with van der Waals surface area (Å²) < 4.78 is 17.1. The number of carboxylic acids is 6. The average Bonchev–Trinajstić information content (AvgIpc) is 2.55. The summed E-state index contributed by atoms with van der Waals surface area (Å²) >= 11 is 0. The first kappa shape index (κ1) is 84.6. The third kappa shape index (κ3) is 89.5. The number of hydrogen-bond acceptors (Lipinski definition) is 25. The number of carboxylic acid groups (broad SMARTS) is 8. The van der Waals surface area contributed by atoms with Gasteiger partial charge in [0.15, 0.2) is 0 Å². The second-order valence-corrected chi connectivity index (χ2v) is 7.77. The van der Waals surface area contributed by atoms with E-state index in [9.17, 15) is 59.4 Å². The molecule has 0 saturated heterocycles. The Morgan fingerprint density at radius 3 is 0.532 bits per heavy atom. The van der Waals surface area contributed by atoms with Crippen LogP contribution in [0, 0.1) is 0 Å². The molecular formula is C13H10Ca7O25P2. The molecule has 2 N–H and O–H groups in total. The van der Waals surface area contributed by atoms with Gasteiger partial charge in [0.05, 0.1) is 11.9 Å². The standard InChI is InChI=1S/2C6H8O7.CH2O3.7Ca.2H3O4P/c2*7-3(8)1-6(13,5(11)12)2-4(9)10;2-1(3)4;;;;;;;;2*1-5(2,3)4/h2*13H,1-2H2,(H,7,8)(H,9,10)(H,11,12);(H2,2,3,4);;;;;;;;2*(H3,1,2,3,4)/q;;;7*+2;;/p-14. The molecule has 0 unspecified atom stereocenters. The van der Waals surface area contributed by atoms with Crippen LogP contribution in [0.3, 0.4) is 0 Å². The predicted octanol–water partition coefficient (Wildman–Crippen LogP) is -21.3. The van der Waals surface area contributed by atoms with Gasteiger partial charge in [-0.2, -0.15) is 15.6 Å². The van der Waals surface area contributed by atoms with Crippen LogP contribution in [0.2, 0.25) is 0 Å². The minimum absolute atomic E-state index is 0. The van der Waals surface area contributed by atoms with Gasteiger partial charge < -0.3 is 123 Å². The number of hydrogen-bond donors (Lipinski definition) is 2. The zero-order valence-electron chi connectivity index (χ0n) is 23.5. The summed E-state index contributed by atoms with van der Waals surface area (Å²) in [7, 11) is -10.8. The Balaban J connectivity index is -0.0000000338. The Morgan fingerprint density at radius 1 is 0.404 bits per heavy atom. The first-order chi connectivity index (χ1) is 17.3. The Hall–Kier alpha value is 5.05. The Labute approximate surface area is 471 Å². The molecule has 0 heterocycles. The molecule has 0 rings (SSSR count). The largest absolute Gasteiger partial charge is 2.00 e. The molecule has 0 fully saturated rings. The fourth-order valence-electron chi connectivity index (χ4n) is 1.37. The molecule has 0 aromatic heterocycles. The van der Waals surface area contributed by atoms with Gasteiger partial charge in [0, 0.05) is 49.6 Å². The maximum Gasteiger partial charge on any atom is 2.00 e. The van der Waals surface area contributed by atoms with Crippen LogP contribution < -0.4 is 70.2 Å². The van der Waals surface area contributed by atoms with Crippen molar-refractivity contribution in [1.82, 2.24) is 0 Å². The van der Waals surface area contributed by atoms with Gasteiger partial charge in [-0.3, -0.25) is 0 Å². The van der Waals surface area contributed by atoms with E-state index in [0.717, 1.165) is 0 Å². The van der Waals surface area contributed by atoms with Crippen LogP contribution in [0.5, 0.6) is 0 Å². The predicted molar refractivity (Wildman–Crippen MR) is 119 cm³/mol.